The van der Waals surface area contributed by atoms with Gasteiger partial charge >= 0.3 is 0 Å². The summed E-state index contributed by atoms with van der Waals surface area (Å²) >= 11 is 0. The van der Waals surface area contributed by atoms with Crippen LogP contribution in [-0.4, -0.2) is 60.3 Å². The number of benzene rings is 1. The summed E-state index contributed by atoms with van der Waals surface area (Å²) in [5.41, 5.74) is 0.835. The van der Waals surface area contributed by atoms with Gasteiger partial charge in [0.1, 0.15) is 5.60 Å². The van der Waals surface area contributed by atoms with Gasteiger partial charge in [0, 0.05) is 44.0 Å². The summed E-state index contributed by atoms with van der Waals surface area (Å²) in [5, 5.41) is 0. The van der Waals surface area contributed by atoms with Crippen LogP contribution in [0.2, 0.25) is 0 Å². The molecule has 0 radical (unpaired) electrons. The molecule has 1 aliphatic heterocycles. The summed E-state index contributed by atoms with van der Waals surface area (Å²) < 4.78 is 32.5. The number of aromatic nitrogens is 1. The van der Waals surface area contributed by atoms with Crippen molar-refractivity contribution in [2.24, 2.45) is 0 Å². The second kappa shape index (κ2) is 8.51. The summed E-state index contributed by atoms with van der Waals surface area (Å²) in [6.07, 6.45) is 1.55. The van der Waals surface area contributed by atoms with Crippen LogP contribution in [0.4, 0.5) is 0 Å². The number of hydrogen-bond donors (Lipinski definition) is 0. The lowest BCUT2D eigenvalue weighted by atomic mass is 10.2. The van der Waals surface area contributed by atoms with Crippen LogP contribution in [0.1, 0.15) is 36.7 Å². The summed E-state index contributed by atoms with van der Waals surface area (Å²) in [6.45, 7) is 7.03. The van der Waals surface area contributed by atoms with Crippen LogP contribution in [-0.2, 0) is 15.8 Å². The molecule has 0 saturated carbocycles. The van der Waals surface area contributed by atoms with Crippen LogP contribution in [0.15, 0.2) is 48.7 Å². The number of sulfonamides is 1. The fraction of sp³-hybridized carbons (Fsp3) is 0.429. The highest BCUT2D eigenvalue weighted by Crippen LogP contribution is 2.19. The van der Waals surface area contributed by atoms with E-state index in [1.165, 1.54) is 4.31 Å². The third kappa shape index (κ3) is 5.77. The molecular formula is C21H27N3O4S. The Hall–Kier alpha value is -2.45. The van der Waals surface area contributed by atoms with Crippen LogP contribution in [0.3, 0.4) is 0 Å². The third-order valence-electron chi connectivity index (χ3n) is 4.50. The highest BCUT2D eigenvalue weighted by Gasteiger charge is 2.29. The summed E-state index contributed by atoms with van der Waals surface area (Å²) in [5.74, 6) is 0.221. The van der Waals surface area contributed by atoms with E-state index < -0.39 is 15.6 Å². The Morgan fingerprint density at radius 3 is 2.34 bits per heavy atom. The maximum atomic E-state index is 12.8. The van der Waals surface area contributed by atoms with Gasteiger partial charge in [-0.1, -0.05) is 30.3 Å². The van der Waals surface area contributed by atoms with E-state index in [9.17, 15) is 13.2 Å². The molecule has 29 heavy (non-hydrogen) atoms. The number of pyridine rings is 1. The molecular weight excluding hydrogens is 390 g/mol. The van der Waals surface area contributed by atoms with E-state index in [0.717, 1.165) is 5.56 Å². The molecule has 0 atom stereocenters. The average molecular weight is 418 g/mol. The van der Waals surface area contributed by atoms with Crippen molar-refractivity contribution in [3.8, 4) is 5.88 Å². The van der Waals surface area contributed by atoms with Gasteiger partial charge in [-0.25, -0.2) is 13.4 Å². The van der Waals surface area contributed by atoms with Crippen molar-refractivity contribution in [1.29, 1.82) is 0 Å². The van der Waals surface area contributed by atoms with E-state index in [4.69, 9.17) is 4.74 Å². The van der Waals surface area contributed by atoms with E-state index in [2.05, 4.69) is 4.98 Å². The van der Waals surface area contributed by atoms with Gasteiger partial charge in [-0.05, 0) is 32.4 Å². The number of hydrogen-bond acceptors (Lipinski definition) is 5. The topological polar surface area (TPSA) is 79.8 Å². The minimum absolute atomic E-state index is 0.0281. The Morgan fingerprint density at radius 1 is 1.07 bits per heavy atom. The molecule has 156 valence electrons. The SMILES string of the molecule is CC(C)(C)Oc1cc(C(=O)N2CCN(S(=O)(=O)Cc3ccccc3)CC2)ccn1. The molecule has 1 saturated heterocycles. The number of nitrogens with zero attached hydrogens (tertiary/aromatic N) is 3. The van der Waals surface area contributed by atoms with Crippen molar-refractivity contribution >= 4 is 15.9 Å². The van der Waals surface area contributed by atoms with Gasteiger partial charge in [-0.2, -0.15) is 4.31 Å². The fourth-order valence-electron chi connectivity index (χ4n) is 3.14. The van der Waals surface area contributed by atoms with Crippen molar-refractivity contribution in [2.75, 3.05) is 26.2 Å². The average Bonchev–Trinajstić information content (AvgIpc) is 2.67. The quantitative estimate of drug-likeness (QED) is 0.747. The van der Waals surface area contributed by atoms with Crippen molar-refractivity contribution in [3.63, 3.8) is 0 Å². The fourth-order valence-corrected chi connectivity index (χ4v) is 4.66. The zero-order valence-electron chi connectivity index (χ0n) is 17.0. The predicted octanol–water partition coefficient (Wildman–Crippen LogP) is 2.55. The van der Waals surface area contributed by atoms with E-state index >= 15 is 0 Å². The molecule has 2 aromatic rings. The molecule has 1 aliphatic rings. The Bertz CT molecular complexity index is 947. The number of amides is 1. The van der Waals surface area contributed by atoms with Gasteiger partial charge in [0.15, 0.2) is 0 Å². The van der Waals surface area contributed by atoms with Crippen molar-refractivity contribution < 1.29 is 17.9 Å². The molecule has 0 bridgehead atoms. The first-order chi connectivity index (χ1) is 13.6. The molecule has 0 unspecified atom stereocenters. The number of ether oxygens (including phenoxy) is 1. The third-order valence-corrected chi connectivity index (χ3v) is 6.35. The molecule has 0 N–H and O–H groups in total. The van der Waals surface area contributed by atoms with Crippen LogP contribution in [0.25, 0.3) is 0 Å². The molecule has 1 amide bonds. The normalized spacial score (nSPS) is 15.9. The summed E-state index contributed by atoms with van der Waals surface area (Å²) in [7, 11) is -3.41. The molecule has 3 rings (SSSR count). The number of carbonyl (C=O) groups is 1. The van der Waals surface area contributed by atoms with Gasteiger partial charge in [0.25, 0.3) is 5.91 Å². The van der Waals surface area contributed by atoms with Gasteiger partial charge in [-0.15, -0.1) is 0 Å². The molecule has 0 aliphatic carbocycles. The van der Waals surface area contributed by atoms with Gasteiger partial charge in [0.2, 0.25) is 15.9 Å². The second-order valence-corrected chi connectivity index (χ2v) is 10.00. The first kappa shape index (κ1) is 21.3. The zero-order valence-corrected chi connectivity index (χ0v) is 17.9. The van der Waals surface area contributed by atoms with Gasteiger partial charge < -0.3 is 9.64 Å². The summed E-state index contributed by atoms with van der Waals surface area (Å²) in [6, 6.07) is 12.4. The highest BCUT2D eigenvalue weighted by atomic mass is 32.2. The van der Waals surface area contributed by atoms with E-state index in [0.29, 0.717) is 24.5 Å². The first-order valence-electron chi connectivity index (χ1n) is 9.60. The van der Waals surface area contributed by atoms with Crippen LogP contribution in [0, 0.1) is 0 Å². The van der Waals surface area contributed by atoms with E-state index in [1.54, 1.807) is 35.4 Å². The Morgan fingerprint density at radius 2 is 1.72 bits per heavy atom. The van der Waals surface area contributed by atoms with Crippen molar-refractivity contribution in [2.45, 2.75) is 32.1 Å². The first-order valence-corrected chi connectivity index (χ1v) is 11.2. The Kier molecular flexibility index (Phi) is 6.24. The van der Waals surface area contributed by atoms with Crippen LogP contribution < -0.4 is 4.74 Å². The molecule has 1 aromatic carbocycles. The molecule has 1 fully saturated rings. The monoisotopic (exact) mass is 417 g/mol. The van der Waals surface area contributed by atoms with Crippen LogP contribution >= 0.6 is 0 Å². The van der Waals surface area contributed by atoms with Gasteiger partial charge in [0.05, 0.1) is 5.75 Å². The second-order valence-electron chi connectivity index (χ2n) is 8.03. The minimum atomic E-state index is -3.41. The molecule has 8 heteroatoms. The van der Waals surface area contributed by atoms with Crippen LogP contribution in [0.5, 0.6) is 5.88 Å². The summed E-state index contributed by atoms with van der Waals surface area (Å²) in [4.78, 5) is 18.7. The molecule has 7 nitrogen and oxygen atoms in total. The lowest BCUT2D eigenvalue weighted by Gasteiger charge is -2.34. The standard InChI is InChI=1S/C21H27N3O4S/c1-21(2,3)28-19-15-18(9-10-22-19)20(25)23-11-13-24(14-12-23)29(26,27)16-17-7-5-4-6-8-17/h4-10,15H,11-14,16H2,1-3H3. The zero-order chi connectivity index (χ0) is 21.1. The molecule has 2 heterocycles. The van der Waals surface area contributed by atoms with E-state index in [-0.39, 0.29) is 24.7 Å². The predicted molar refractivity (Wildman–Crippen MR) is 111 cm³/mol. The maximum Gasteiger partial charge on any atom is 0.254 e. The molecule has 1 aromatic heterocycles. The highest BCUT2D eigenvalue weighted by molar-refractivity contribution is 7.88. The van der Waals surface area contributed by atoms with Crippen molar-refractivity contribution in [3.05, 3.63) is 59.8 Å². The lowest BCUT2D eigenvalue weighted by molar-refractivity contribution is 0.0695. The Balaban J connectivity index is 1.62. The maximum absolute atomic E-state index is 12.8. The van der Waals surface area contributed by atoms with E-state index in [1.807, 2.05) is 39.0 Å². The number of rotatable bonds is 5. The lowest BCUT2D eigenvalue weighted by Crippen LogP contribution is -2.50. The minimum Gasteiger partial charge on any atom is -0.472 e. The van der Waals surface area contributed by atoms with Crippen molar-refractivity contribution in [1.82, 2.24) is 14.2 Å². The largest absolute Gasteiger partial charge is 0.472 e. The van der Waals surface area contributed by atoms with Gasteiger partial charge in [-0.3, -0.25) is 4.79 Å². The Labute approximate surface area is 172 Å². The number of carbonyl (C=O) groups excluding carboxylic acids is 1. The molecule has 0 spiro atoms. The smallest absolute Gasteiger partial charge is 0.254 e. The number of piperazine rings is 1.